The Kier molecular flexibility index (Phi) is 7.28. The molecule has 2 aromatic carbocycles. The van der Waals surface area contributed by atoms with Crippen molar-refractivity contribution < 1.29 is 17.9 Å². The van der Waals surface area contributed by atoms with Gasteiger partial charge >= 0.3 is 0 Å². The van der Waals surface area contributed by atoms with Gasteiger partial charge in [-0.2, -0.15) is 4.31 Å². The van der Waals surface area contributed by atoms with Crippen molar-refractivity contribution in [2.45, 2.75) is 44.6 Å². The van der Waals surface area contributed by atoms with E-state index in [9.17, 15) is 13.2 Å². The summed E-state index contributed by atoms with van der Waals surface area (Å²) in [6, 6.07) is 13.0. The highest BCUT2D eigenvalue weighted by molar-refractivity contribution is 7.89. The molecule has 0 aliphatic carbocycles. The number of aryl methyl sites for hydroxylation is 3. The maximum Gasteiger partial charge on any atom is 0.243 e. The van der Waals surface area contributed by atoms with Gasteiger partial charge < -0.3 is 10.1 Å². The van der Waals surface area contributed by atoms with E-state index in [4.69, 9.17) is 4.74 Å². The summed E-state index contributed by atoms with van der Waals surface area (Å²) in [6.07, 6.45) is 0.911. The molecule has 3 rings (SSSR count). The molecule has 0 radical (unpaired) electrons. The largest absolute Gasteiger partial charge is 0.379 e. The fourth-order valence-electron chi connectivity index (χ4n) is 3.64. The molecule has 1 aliphatic rings. The first-order chi connectivity index (χ1) is 14.3. The van der Waals surface area contributed by atoms with Crippen LogP contribution in [0.3, 0.4) is 0 Å². The third-order valence-electron chi connectivity index (χ3n) is 5.45. The fraction of sp³-hybridized carbons (Fsp3) is 0.435. The fourth-order valence-corrected chi connectivity index (χ4v) is 5.05. The monoisotopic (exact) mass is 430 g/mol. The van der Waals surface area contributed by atoms with Crippen molar-refractivity contribution >= 4 is 15.9 Å². The molecule has 1 saturated heterocycles. The average Bonchev–Trinajstić information content (AvgIpc) is 2.75. The molecule has 2 aromatic rings. The van der Waals surface area contributed by atoms with Gasteiger partial charge in [0, 0.05) is 19.5 Å². The number of hydrogen-bond acceptors (Lipinski definition) is 4. The van der Waals surface area contributed by atoms with Crippen molar-refractivity contribution in [2.24, 2.45) is 0 Å². The molecule has 6 nitrogen and oxygen atoms in total. The van der Waals surface area contributed by atoms with Crippen LogP contribution in [0.2, 0.25) is 0 Å². The third-order valence-corrected chi connectivity index (χ3v) is 7.36. The number of carbonyl (C=O) groups excluding carboxylic acids is 1. The van der Waals surface area contributed by atoms with Gasteiger partial charge in [-0.1, -0.05) is 35.9 Å². The summed E-state index contributed by atoms with van der Waals surface area (Å²) in [7, 11) is -3.49. The molecule has 162 valence electrons. The highest BCUT2D eigenvalue weighted by Gasteiger charge is 2.26. The van der Waals surface area contributed by atoms with Gasteiger partial charge in [0.25, 0.3) is 0 Å². The summed E-state index contributed by atoms with van der Waals surface area (Å²) < 4.78 is 32.0. The lowest BCUT2D eigenvalue weighted by Crippen LogP contribution is -2.40. The van der Waals surface area contributed by atoms with E-state index in [2.05, 4.69) is 23.5 Å². The zero-order valence-electron chi connectivity index (χ0n) is 17.8. The van der Waals surface area contributed by atoms with Crippen molar-refractivity contribution in [3.05, 3.63) is 64.7 Å². The molecule has 1 atom stereocenters. The molecule has 1 amide bonds. The lowest BCUT2D eigenvalue weighted by molar-refractivity contribution is -0.121. The van der Waals surface area contributed by atoms with Gasteiger partial charge in [0.1, 0.15) is 0 Å². The van der Waals surface area contributed by atoms with Crippen LogP contribution < -0.4 is 5.32 Å². The van der Waals surface area contributed by atoms with Crippen LogP contribution in [0.1, 0.15) is 41.6 Å². The van der Waals surface area contributed by atoms with E-state index >= 15 is 0 Å². The van der Waals surface area contributed by atoms with E-state index < -0.39 is 10.0 Å². The highest BCUT2D eigenvalue weighted by Crippen LogP contribution is 2.20. The Balaban J connectivity index is 1.55. The number of ether oxygens (including phenoxy) is 1. The molecule has 0 saturated carbocycles. The van der Waals surface area contributed by atoms with E-state index in [1.807, 2.05) is 20.8 Å². The topological polar surface area (TPSA) is 75.7 Å². The van der Waals surface area contributed by atoms with Gasteiger partial charge in [0.15, 0.2) is 0 Å². The maximum absolute atomic E-state index is 12.7. The predicted octanol–water partition coefficient (Wildman–Crippen LogP) is 3.13. The van der Waals surface area contributed by atoms with Crippen molar-refractivity contribution in [3.63, 3.8) is 0 Å². The Morgan fingerprint density at radius 2 is 1.77 bits per heavy atom. The highest BCUT2D eigenvalue weighted by atomic mass is 32.2. The van der Waals surface area contributed by atoms with Crippen LogP contribution in [0, 0.1) is 13.8 Å². The minimum absolute atomic E-state index is 0.0200. The van der Waals surface area contributed by atoms with Crippen molar-refractivity contribution in [1.29, 1.82) is 0 Å². The molecular weight excluding hydrogens is 400 g/mol. The summed E-state index contributed by atoms with van der Waals surface area (Å²) >= 11 is 0. The van der Waals surface area contributed by atoms with Crippen LogP contribution in [0.5, 0.6) is 0 Å². The second-order valence-corrected chi connectivity index (χ2v) is 9.75. The first-order valence-electron chi connectivity index (χ1n) is 10.3. The first kappa shape index (κ1) is 22.5. The molecule has 0 spiro atoms. The zero-order chi connectivity index (χ0) is 21.7. The quantitative estimate of drug-likeness (QED) is 0.732. The van der Waals surface area contributed by atoms with E-state index in [0.29, 0.717) is 39.1 Å². The number of hydrogen-bond donors (Lipinski definition) is 1. The normalized spacial score (nSPS) is 16.2. The number of morpholine rings is 1. The Labute approximate surface area is 179 Å². The van der Waals surface area contributed by atoms with Crippen LogP contribution >= 0.6 is 0 Å². The number of carbonyl (C=O) groups is 1. The lowest BCUT2D eigenvalue weighted by Gasteiger charge is -2.26. The zero-order valence-corrected chi connectivity index (χ0v) is 18.7. The number of sulfonamides is 1. The summed E-state index contributed by atoms with van der Waals surface area (Å²) in [6.45, 7) is 7.68. The molecule has 30 heavy (non-hydrogen) atoms. The van der Waals surface area contributed by atoms with Gasteiger partial charge in [-0.3, -0.25) is 4.79 Å². The summed E-state index contributed by atoms with van der Waals surface area (Å²) in [4.78, 5) is 12.7. The van der Waals surface area contributed by atoms with E-state index in [1.165, 1.54) is 9.87 Å². The standard InChI is InChI=1S/C23H30N2O4S/c1-17-4-5-18(2)22(16-17)19(3)24-23(26)11-8-20-6-9-21(10-7-20)30(27,28)25-12-14-29-15-13-25/h4-7,9-10,16,19H,8,11-15H2,1-3H3,(H,24,26). The number of amides is 1. The molecule has 1 unspecified atom stereocenters. The minimum Gasteiger partial charge on any atom is -0.379 e. The number of nitrogens with zero attached hydrogens (tertiary/aromatic N) is 1. The number of benzene rings is 2. The van der Waals surface area contributed by atoms with E-state index in [1.54, 1.807) is 24.3 Å². The molecule has 0 aromatic heterocycles. The molecule has 1 aliphatic heterocycles. The van der Waals surface area contributed by atoms with Crippen LogP contribution in [-0.2, 0) is 26.0 Å². The molecule has 1 fully saturated rings. The second kappa shape index (κ2) is 9.73. The molecule has 1 N–H and O–H groups in total. The van der Waals surface area contributed by atoms with E-state index in [-0.39, 0.29) is 16.8 Å². The molecule has 7 heteroatoms. The maximum atomic E-state index is 12.7. The first-order valence-corrected chi connectivity index (χ1v) is 11.7. The summed E-state index contributed by atoms with van der Waals surface area (Å²) in [5.74, 6) is -0.0200. The van der Waals surface area contributed by atoms with Crippen LogP contribution in [0.4, 0.5) is 0 Å². The SMILES string of the molecule is Cc1ccc(C)c(C(C)NC(=O)CCc2ccc(S(=O)(=O)N3CCOCC3)cc2)c1. The number of nitrogens with one attached hydrogen (secondary N) is 1. The Hall–Kier alpha value is -2.22. The summed E-state index contributed by atoms with van der Waals surface area (Å²) in [5, 5.41) is 3.06. The summed E-state index contributed by atoms with van der Waals surface area (Å²) in [5.41, 5.74) is 4.39. The van der Waals surface area contributed by atoms with E-state index in [0.717, 1.165) is 16.7 Å². The third kappa shape index (κ3) is 5.47. The van der Waals surface area contributed by atoms with Crippen molar-refractivity contribution in [3.8, 4) is 0 Å². The Morgan fingerprint density at radius 3 is 2.43 bits per heavy atom. The predicted molar refractivity (Wildman–Crippen MR) is 117 cm³/mol. The molecular formula is C23H30N2O4S. The second-order valence-electron chi connectivity index (χ2n) is 7.81. The Morgan fingerprint density at radius 1 is 1.10 bits per heavy atom. The van der Waals surface area contributed by atoms with Crippen molar-refractivity contribution in [1.82, 2.24) is 9.62 Å². The molecule has 1 heterocycles. The van der Waals surface area contributed by atoms with Gasteiger partial charge in [-0.15, -0.1) is 0 Å². The van der Waals surface area contributed by atoms with Crippen molar-refractivity contribution in [2.75, 3.05) is 26.3 Å². The average molecular weight is 431 g/mol. The molecule has 0 bridgehead atoms. The Bertz CT molecular complexity index is 981. The van der Waals surface area contributed by atoms with Gasteiger partial charge in [0.2, 0.25) is 15.9 Å². The van der Waals surface area contributed by atoms with Gasteiger partial charge in [-0.05, 0) is 56.0 Å². The number of rotatable bonds is 7. The van der Waals surface area contributed by atoms with Gasteiger partial charge in [0.05, 0.1) is 24.2 Å². The minimum atomic E-state index is -3.49. The lowest BCUT2D eigenvalue weighted by atomic mass is 10.00. The van der Waals surface area contributed by atoms with Gasteiger partial charge in [-0.25, -0.2) is 8.42 Å². The van der Waals surface area contributed by atoms with Crippen LogP contribution in [0.15, 0.2) is 47.4 Å². The van der Waals surface area contributed by atoms with Crippen LogP contribution in [0.25, 0.3) is 0 Å². The van der Waals surface area contributed by atoms with Crippen LogP contribution in [-0.4, -0.2) is 44.9 Å². The smallest absolute Gasteiger partial charge is 0.243 e.